The zero-order chi connectivity index (χ0) is 17.6. The van der Waals surface area contributed by atoms with Crippen molar-refractivity contribution in [2.24, 2.45) is 17.6 Å². The first-order chi connectivity index (χ1) is 12.0. The first-order valence-electron chi connectivity index (χ1n) is 9.00. The van der Waals surface area contributed by atoms with Crippen molar-refractivity contribution in [1.82, 2.24) is 4.90 Å². The molecule has 3 aliphatic rings. The van der Waals surface area contributed by atoms with Crippen LogP contribution in [0.4, 0.5) is 13.2 Å². The Kier molecular flexibility index (Phi) is 4.46. The molecule has 4 atom stereocenters. The lowest BCUT2D eigenvalue weighted by molar-refractivity contribution is 0.0994. The van der Waals surface area contributed by atoms with Crippen LogP contribution in [-0.4, -0.2) is 17.0 Å². The highest BCUT2D eigenvalue weighted by molar-refractivity contribution is 5.30. The minimum absolute atomic E-state index is 0.128. The molecule has 1 heterocycles. The third-order valence-electron chi connectivity index (χ3n) is 6.10. The smallest absolute Gasteiger partial charge is 0.157 e. The van der Waals surface area contributed by atoms with Crippen LogP contribution in [0.5, 0.6) is 0 Å². The van der Waals surface area contributed by atoms with E-state index >= 15 is 0 Å². The summed E-state index contributed by atoms with van der Waals surface area (Å²) in [7, 11) is 0. The molecule has 0 aromatic heterocycles. The van der Waals surface area contributed by atoms with E-state index in [0.29, 0.717) is 12.1 Å². The third-order valence-corrected chi connectivity index (χ3v) is 6.10. The fraction of sp³-hybridized carbons (Fsp3) is 0.500. The molecule has 1 saturated carbocycles. The van der Waals surface area contributed by atoms with Gasteiger partial charge in [-0.1, -0.05) is 24.3 Å². The fourth-order valence-corrected chi connectivity index (χ4v) is 4.71. The molecular formula is C20H23F3N2. The minimum Gasteiger partial charge on any atom is -0.327 e. The van der Waals surface area contributed by atoms with Crippen molar-refractivity contribution < 1.29 is 13.2 Å². The van der Waals surface area contributed by atoms with E-state index < -0.39 is 23.4 Å². The average Bonchev–Trinajstić information content (AvgIpc) is 3.02. The summed E-state index contributed by atoms with van der Waals surface area (Å²) < 4.78 is 41.0. The standard InChI is InChI=1S/C20H23F3N2/c21-17-9-19(23)18(22)8-16(17)15-6-5-14(7-20(15)24)25-10-12-3-1-2-4-13(12)11-25/h1-4,9,14-16,20H,5-8,10-11,24H2/t14-,15?,16+,20-/m0/s1. The van der Waals surface area contributed by atoms with Gasteiger partial charge < -0.3 is 5.73 Å². The van der Waals surface area contributed by atoms with Crippen LogP contribution >= 0.6 is 0 Å². The van der Waals surface area contributed by atoms with Crippen LogP contribution in [0, 0.1) is 11.8 Å². The predicted molar refractivity (Wildman–Crippen MR) is 91.3 cm³/mol. The lowest BCUT2D eigenvalue weighted by atomic mass is 9.72. The molecule has 25 heavy (non-hydrogen) atoms. The van der Waals surface area contributed by atoms with E-state index in [1.807, 2.05) is 0 Å². The van der Waals surface area contributed by atoms with Gasteiger partial charge in [0.05, 0.1) is 0 Å². The second-order valence-electron chi connectivity index (χ2n) is 7.56. The van der Waals surface area contributed by atoms with Gasteiger partial charge in [-0.2, -0.15) is 0 Å². The highest BCUT2D eigenvalue weighted by Crippen LogP contribution is 2.43. The Balaban J connectivity index is 1.41. The number of nitrogens with two attached hydrogens (primary N) is 1. The number of hydrogen-bond donors (Lipinski definition) is 1. The Morgan fingerprint density at radius 1 is 1.00 bits per heavy atom. The number of fused-ring (bicyclic) bond motifs is 1. The normalized spacial score (nSPS) is 33.4. The van der Waals surface area contributed by atoms with Crippen LogP contribution < -0.4 is 5.73 Å². The molecule has 0 spiro atoms. The number of allylic oxidation sites excluding steroid dienone is 4. The Morgan fingerprint density at radius 3 is 2.32 bits per heavy atom. The van der Waals surface area contributed by atoms with Gasteiger partial charge in [0.2, 0.25) is 0 Å². The van der Waals surface area contributed by atoms with Crippen LogP contribution in [0.3, 0.4) is 0 Å². The van der Waals surface area contributed by atoms with Gasteiger partial charge in [-0.05, 0) is 36.3 Å². The Hall–Kier alpha value is -1.59. The van der Waals surface area contributed by atoms with Gasteiger partial charge in [0, 0.05) is 43.6 Å². The van der Waals surface area contributed by atoms with Gasteiger partial charge in [0.15, 0.2) is 5.83 Å². The number of halogens is 3. The summed E-state index contributed by atoms with van der Waals surface area (Å²) >= 11 is 0. The maximum absolute atomic E-state index is 14.2. The van der Waals surface area contributed by atoms with E-state index in [9.17, 15) is 13.2 Å². The number of benzene rings is 1. The van der Waals surface area contributed by atoms with E-state index in [-0.39, 0.29) is 18.4 Å². The van der Waals surface area contributed by atoms with Crippen molar-refractivity contribution in [2.75, 3.05) is 0 Å². The van der Waals surface area contributed by atoms with Crippen molar-refractivity contribution in [3.8, 4) is 0 Å². The fourth-order valence-electron chi connectivity index (χ4n) is 4.71. The van der Waals surface area contributed by atoms with E-state index in [2.05, 4.69) is 29.2 Å². The molecule has 0 amide bonds. The van der Waals surface area contributed by atoms with Gasteiger partial charge in [-0.15, -0.1) is 0 Å². The van der Waals surface area contributed by atoms with Gasteiger partial charge in [-0.25, -0.2) is 13.2 Å². The third kappa shape index (κ3) is 3.15. The molecule has 2 N–H and O–H groups in total. The minimum atomic E-state index is -1.08. The van der Waals surface area contributed by atoms with Crippen LogP contribution in [0.1, 0.15) is 36.8 Å². The zero-order valence-electron chi connectivity index (χ0n) is 14.1. The molecule has 0 saturated heterocycles. The van der Waals surface area contributed by atoms with E-state index in [4.69, 9.17) is 5.73 Å². The van der Waals surface area contributed by atoms with Gasteiger partial charge >= 0.3 is 0 Å². The summed E-state index contributed by atoms with van der Waals surface area (Å²) in [5.41, 5.74) is 9.09. The Morgan fingerprint density at radius 2 is 1.68 bits per heavy atom. The second-order valence-corrected chi connectivity index (χ2v) is 7.56. The van der Waals surface area contributed by atoms with E-state index in [1.165, 1.54) is 11.1 Å². The lowest BCUT2D eigenvalue weighted by Gasteiger charge is -2.41. The molecule has 0 radical (unpaired) electrons. The van der Waals surface area contributed by atoms with Crippen LogP contribution in [-0.2, 0) is 13.1 Å². The molecule has 5 heteroatoms. The average molecular weight is 348 g/mol. The molecule has 1 aromatic carbocycles. The highest BCUT2D eigenvalue weighted by atomic mass is 19.2. The summed E-state index contributed by atoms with van der Waals surface area (Å²) in [6.07, 6.45) is 2.94. The molecule has 2 aliphatic carbocycles. The Labute approximate surface area is 146 Å². The summed E-state index contributed by atoms with van der Waals surface area (Å²) in [5.74, 6) is -3.24. The SMILES string of the molecule is N[C@H]1C[C@@H](N2Cc3ccccc3C2)CCC1[C@H]1CC(F)=C(F)C=C1F. The predicted octanol–water partition coefficient (Wildman–Crippen LogP) is 4.52. The number of hydrogen-bond acceptors (Lipinski definition) is 2. The molecule has 1 aliphatic heterocycles. The van der Waals surface area contributed by atoms with Gasteiger partial charge in [-0.3, -0.25) is 4.90 Å². The largest absolute Gasteiger partial charge is 0.327 e. The molecule has 1 fully saturated rings. The number of rotatable bonds is 2. The van der Waals surface area contributed by atoms with Gasteiger partial charge in [0.1, 0.15) is 11.7 Å². The molecule has 4 rings (SSSR count). The zero-order valence-corrected chi connectivity index (χ0v) is 14.1. The quantitative estimate of drug-likeness (QED) is 0.851. The van der Waals surface area contributed by atoms with Crippen molar-refractivity contribution in [3.63, 3.8) is 0 Å². The summed E-state index contributed by atoms with van der Waals surface area (Å²) in [5, 5.41) is 0. The molecule has 1 aromatic rings. The van der Waals surface area contributed by atoms with E-state index in [0.717, 1.165) is 32.4 Å². The highest BCUT2D eigenvalue weighted by Gasteiger charge is 2.40. The first kappa shape index (κ1) is 16.9. The van der Waals surface area contributed by atoms with Gasteiger partial charge in [0.25, 0.3) is 0 Å². The van der Waals surface area contributed by atoms with Crippen molar-refractivity contribution in [1.29, 1.82) is 0 Å². The summed E-state index contributed by atoms with van der Waals surface area (Å²) in [6, 6.07) is 8.61. The van der Waals surface area contributed by atoms with Crippen LogP contribution in [0.15, 0.2) is 47.8 Å². The summed E-state index contributed by atoms with van der Waals surface area (Å²) in [6.45, 7) is 1.86. The molecule has 1 unspecified atom stereocenters. The van der Waals surface area contributed by atoms with Crippen LogP contribution in [0.25, 0.3) is 0 Å². The second kappa shape index (κ2) is 6.61. The maximum atomic E-state index is 14.2. The molecular weight excluding hydrogens is 325 g/mol. The number of nitrogens with zero attached hydrogens (tertiary/aromatic N) is 1. The van der Waals surface area contributed by atoms with Crippen molar-refractivity contribution >= 4 is 0 Å². The topological polar surface area (TPSA) is 29.3 Å². The first-order valence-corrected chi connectivity index (χ1v) is 9.00. The molecule has 134 valence electrons. The molecule has 0 bridgehead atoms. The lowest BCUT2D eigenvalue weighted by Crippen LogP contribution is -2.47. The Bertz CT molecular complexity index is 702. The van der Waals surface area contributed by atoms with Crippen LogP contribution in [0.2, 0.25) is 0 Å². The summed E-state index contributed by atoms with van der Waals surface area (Å²) in [4.78, 5) is 2.44. The monoisotopic (exact) mass is 348 g/mol. The van der Waals surface area contributed by atoms with E-state index in [1.54, 1.807) is 0 Å². The van der Waals surface area contributed by atoms with Crippen molar-refractivity contribution in [2.45, 2.75) is 50.9 Å². The van der Waals surface area contributed by atoms with Crippen molar-refractivity contribution in [3.05, 3.63) is 58.9 Å². The molecule has 2 nitrogen and oxygen atoms in total. The maximum Gasteiger partial charge on any atom is 0.157 e.